The van der Waals surface area contributed by atoms with Crippen LogP contribution in [-0.2, 0) is 22.8 Å². The van der Waals surface area contributed by atoms with Gasteiger partial charge in [-0.2, -0.15) is 0 Å². The number of ether oxygens (including phenoxy) is 2. The molecule has 7 nitrogen and oxygen atoms in total. The Morgan fingerprint density at radius 2 is 1.86 bits per heavy atom. The van der Waals surface area contributed by atoms with Gasteiger partial charge in [0.1, 0.15) is 31.0 Å². The lowest BCUT2D eigenvalue weighted by atomic mass is 9.90. The van der Waals surface area contributed by atoms with Crippen molar-refractivity contribution in [1.82, 2.24) is 19.4 Å². The number of carbonyl (C=O) groups is 1. The second kappa shape index (κ2) is 11.2. The number of likely N-dealkylation sites (tertiary alicyclic amines) is 1. The Hall–Kier alpha value is -2.97. The second-order valence-corrected chi connectivity index (χ2v) is 16.0. The lowest BCUT2D eigenvalue weighted by Crippen LogP contribution is -2.36. The largest absolute Gasteiger partial charge is 0.475 e. The molecule has 1 aromatic carbocycles. The molecular weight excluding hydrogens is 456 g/mol. The summed E-state index contributed by atoms with van der Waals surface area (Å²) < 4.78 is 13.7. The molecule has 0 bridgehead atoms. The standard InChI is InChI=1S/C27H36N4O3Si/c1-21(34-18-22-8-6-5-7-9-22)30-13-10-23(11-14-30)26(32)25-24-12-15-31(27(24)29-19-28-25)20-33-16-17-35(2,3)4/h5-9,12,15,19,23H,1,10-11,13-14,16-18,20H2,2-4H3. The molecule has 8 heteroatoms. The molecule has 1 aliphatic rings. The van der Waals surface area contributed by atoms with E-state index >= 15 is 0 Å². The zero-order valence-electron chi connectivity index (χ0n) is 21.1. The van der Waals surface area contributed by atoms with E-state index in [-0.39, 0.29) is 11.7 Å². The van der Waals surface area contributed by atoms with Crippen molar-refractivity contribution < 1.29 is 14.3 Å². The van der Waals surface area contributed by atoms with E-state index in [4.69, 9.17) is 9.47 Å². The quantitative estimate of drug-likeness (QED) is 0.156. The molecule has 2 aromatic heterocycles. The Balaban J connectivity index is 1.32. The second-order valence-electron chi connectivity index (χ2n) is 10.4. The maximum atomic E-state index is 13.4. The van der Waals surface area contributed by atoms with E-state index in [0.717, 1.165) is 55.2 Å². The first-order valence-electron chi connectivity index (χ1n) is 12.3. The van der Waals surface area contributed by atoms with Crippen LogP contribution in [0.2, 0.25) is 25.7 Å². The molecule has 0 aliphatic carbocycles. The van der Waals surface area contributed by atoms with Gasteiger partial charge in [0.25, 0.3) is 0 Å². The predicted molar refractivity (Wildman–Crippen MR) is 141 cm³/mol. The van der Waals surface area contributed by atoms with E-state index in [9.17, 15) is 4.79 Å². The molecule has 1 fully saturated rings. The Bertz CT molecular complexity index is 1150. The molecule has 0 atom stereocenters. The lowest BCUT2D eigenvalue weighted by molar-refractivity contribution is 0.0680. The van der Waals surface area contributed by atoms with Crippen LogP contribution in [0.3, 0.4) is 0 Å². The van der Waals surface area contributed by atoms with Gasteiger partial charge < -0.3 is 18.9 Å². The minimum Gasteiger partial charge on any atom is -0.475 e. The summed E-state index contributed by atoms with van der Waals surface area (Å²) in [6.07, 6.45) is 4.92. The number of fused-ring (bicyclic) bond motifs is 1. The minimum absolute atomic E-state index is 0.0670. The van der Waals surface area contributed by atoms with E-state index < -0.39 is 8.07 Å². The van der Waals surface area contributed by atoms with Gasteiger partial charge in [0, 0.05) is 45.3 Å². The number of hydrogen-bond acceptors (Lipinski definition) is 6. The average Bonchev–Trinajstić information content (AvgIpc) is 3.28. The van der Waals surface area contributed by atoms with Crippen molar-refractivity contribution in [2.24, 2.45) is 5.92 Å². The van der Waals surface area contributed by atoms with Crippen molar-refractivity contribution in [3.05, 3.63) is 72.6 Å². The number of carbonyl (C=O) groups excluding carboxylic acids is 1. The Morgan fingerprint density at radius 3 is 2.57 bits per heavy atom. The molecule has 0 saturated carbocycles. The van der Waals surface area contributed by atoms with Gasteiger partial charge in [0.05, 0.1) is 0 Å². The molecule has 0 unspecified atom stereocenters. The Labute approximate surface area is 208 Å². The molecule has 0 amide bonds. The number of piperidine rings is 1. The monoisotopic (exact) mass is 492 g/mol. The Kier molecular flexibility index (Phi) is 8.03. The normalized spacial score (nSPS) is 14.9. The molecule has 3 aromatic rings. The summed E-state index contributed by atoms with van der Waals surface area (Å²) in [4.78, 5) is 24.3. The van der Waals surface area contributed by atoms with Gasteiger partial charge >= 0.3 is 0 Å². The maximum absolute atomic E-state index is 13.4. The average molecular weight is 493 g/mol. The first-order chi connectivity index (χ1) is 16.8. The van der Waals surface area contributed by atoms with Crippen LogP contribution in [0.25, 0.3) is 11.0 Å². The molecule has 1 aliphatic heterocycles. The van der Waals surface area contributed by atoms with Gasteiger partial charge in [-0.3, -0.25) is 4.79 Å². The summed E-state index contributed by atoms with van der Waals surface area (Å²) in [5.74, 6) is 0.684. The van der Waals surface area contributed by atoms with Crippen molar-refractivity contribution in [2.45, 2.75) is 51.9 Å². The van der Waals surface area contributed by atoms with Gasteiger partial charge in [0.15, 0.2) is 11.7 Å². The highest BCUT2D eigenvalue weighted by molar-refractivity contribution is 6.76. The van der Waals surface area contributed by atoms with Crippen molar-refractivity contribution in [3.8, 4) is 0 Å². The molecule has 186 valence electrons. The number of benzene rings is 1. The zero-order chi connectivity index (χ0) is 24.8. The van der Waals surface area contributed by atoms with Crippen LogP contribution in [0.4, 0.5) is 0 Å². The van der Waals surface area contributed by atoms with Crippen molar-refractivity contribution in [3.63, 3.8) is 0 Å². The summed E-state index contributed by atoms with van der Waals surface area (Å²) in [5, 5.41) is 0.796. The van der Waals surface area contributed by atoms with Crippen molar-refractivity contribution >= 4 is 24.9 Å². The fraction of sp³-hybridized carbons (Fsp3) is 0.444. The smallest absolute Gasteiger partial charge is 0.185 e. The summed E-state index contributed by atoms with van der Waals surface area (Å²) in [7, 11) is -1.13. The van der Waals surface area contributed by atoms with Crippen LogP contribution in [-0.4, -0.2) is 53.0 Å². The number of aromatic nitrogens is 3. The number of nitrogens with zero attached hydrogens (tertiary/aromatic N) is 4. The fourth-order valence-corrected chi connectivity index (χ4v) is 5.02. The molecule has 0 spiro atoms. The molecule has 3 heterocycles. The first kappa shape index (κ1) is 25.1. The van der Waals surface area contributed by atoms with Crippen LogP contribution < -0.4 is 0 Å². The molecule has 35 heavy (non-hydrogen) atoms. The highest BCUT2D eigenvalue weighted by Gasteiger charge is 2.29. The lowest BCUT2D eigenvalue weighted by Gasteiger charge is -2.33. The third kappa shape index (κ3) is 6.58. The van der Waals surface area contributed by atoms with E-state index in [1.165, 1.54) is 6.33 Å². The summed E-state index contributed by atoms with van der Waals surface area (Å²) >= 11 is 0. The van der Waals surface area contributed by atoms with Crippen LogP contribution >= 0.6 is 0 Å². The molecule has 1 saturated heterocycles. The Morgan fingerprint density at radius 1 is 1.11 bits per heavy atom. The third-order valence-corrected chi connectivity index (χ3v) is 8.19. The molecular formula is C27H36N4O3Si. The SMILES string of the molecule is C=C(OCc1ccccc1)N1CCC(C(=O)c2ncnc3c2ccn3COCC[Si](C)(C)C)CC1. The number of rotatable bonds is 11. The summed E-state index contributed by atoms with van der Waals surface area (Å²) in [6.45, 7) is 14.3. The maximum Gasteiger partial charge on any atom is 0.185 e. The molecule has 0 N–H and O–H groups in total. The van der Waals surface area contributed by atoms with Gasteiger partial charge in [-0.05, 0) is 37.1 Å². The third-order valence-electron chi connectivity index (χ3n) is 6.48. The van der Waals surface area contributed by atoms with E-state index in [2.05, 4.69) is 41.1 Å². The van der Waals surface area contributed by atoms with Gasteiger partial charge in [-0.25, -0.2) is 9.97 Å². The van der Waals surface area contributed by atoms with Crippen LogP contribution in [0.5, 0.6) is 0 Å². The summed E-state index contributed by atoms with van der Waals surface area (Å²) in [5.41, 5.74) is 2.37. The van der Waals surface area contributed by atoms with Crippen LogP contribution in [0, 0.1) is 5.92 Å². The van der Waals surface area contributed by atoms with Gasteiger partial charge in [-0.15, -0.1) is 0 Å². The minimum atomic E-state index is -1.13. The molecule has 0 radical (unpaired) electrons. The van der Waals surface area contributed by atoms with E-state index in [1.807, 2.05) is 47.2 Å². The van der Waals surface area contributed by atoms with Crippen LogP contribution in [0.1, 0.15) is 28.9 Å². The zero-order valence-corrected chi connectivity index (χ0v) is 22.1. The highest BCUT2D eigenvalue weighted by Crippen LogP contribution is 2.27. The van der Waals surface area contributed by atoms with Crippen LogP contribution in [0.15, 0.2) is 61.4 Å². The van der Waals surface area contributed by atoms with Gasteiger partial charge in [0.2, 0.25) is 0 Å². The number of hydrogen-bond donors (Lipinski definition) is 0. The fourth-order valence-electron chi connectivity index (χ4n) is 4.26. The predicted octanol–water partition coefficient (Wildman–Crippen LogP) is 5.33. The first-order valence-corrected chi connectivity index (χ1v) is 16.0. The van der Waals surface area contributed by atoms with Gasteiger partial charge in [-0.1, -0.05) is 50.0 Å². The molecule has 4 rings (SSSR count). The van der Waals surface area contributed by atoms with E-state index in [0.29, 0.717) is 24.9 Å². The van der Waals surface area contributed by atoms with E-state index in [1.54, 1.807) is 0 Å². The van der Waals surface area contributed by atoms with Crippen molar-refractivity contribution in [1.29, 1.82) is 0 Å². The number of Topliss-reactive ketones (excluding diaryl/α,β-unsaturated/α-hetero) is 1. The summed E-state index contributed by atoms with van der Waals surface area (Å²) in [6, 6.07) is 13.1. The highest BCUT2D eigenvalue weighted by atomic mass is 28.3. The number of ketones is 1. The van der Waals surface area contributed by atoms with Crippen molar-refractivity contribution in [2.75, 3.05) is 19.7 Å². The topological polar surface area (TPSA) is 69.5 Å².